The first-order chi connectivity index (χ1) is 15.6. The van der Waals surface area contributed by atoms with Crippen LogP contribution in [-0.2, 0) is 27.4 Å². The van der Waals surface area contributed by atoms with Gasteiger partial charge in [-0.25, -0.2) is 4.98 Å². The quantitative estimate of drug-likeness (QED) is 0.412. The molecule has 4 rings (SSSR count). The minimum atomic E-state index is -0.272. The molecule has 2 heterocycles. The van der Waals surface area contributed by atoms with Gasteiger partial charge in [-0.05, 0) is 43.2 Å². The van der Waals surface area contributed by atoms with Crippen molar-refractivity contribution in [2.75, 3.05) is 18.5 Å². The number of fused-ring (bicyclic) bond motifs is 1. The maximum Gasteiger partial charge on any atom is 0.257 e. The third kappa shape index (κ3) is 4.70. The van der Waals surface area contributed by atoms with Crippen LogP contribution in [0.2, 0.25) is 0 Å². The second-order valence-corrected chi connectivity index (χ2v) is 7.65. The molecule has 0 aliphatic carbocycles. The molecule has 0 unspecified atom stereocenters. The third-order valence-corrected chi connectivity index (χ3v) is 5.47. The lowest BCUT2D eigenvalue weighted by molar-refractivity contribution is -0.139. The molecular formula is C24H26N4O4. The lowest BCUT2D eigenvalue weighted by Crippen LogP contribution is -2.28. The molecule has 0 bridgehead atoms. The number of hydrogen-bond donors (Lipinski definition) is 1. The van der Waals surface area contributed by atoms with Gasteiger partial charge in [-0.1, -0.05) is 24.3 Å². The minimum absolute atomic E-state index is 0.153. The molecule has 3 amide bonds. The number of ether oxygens (including phenoxy) is 1. The van der Waals surface area contributed by atoms with E-state index in [1.807, 2.05) is 35.8 Å². The van der Waals surface area contributed by atoms with E-state index in [0.717, 1.165) is 23.0 Å². The van der Waals surface area contributed by atoms with Gasteiger partial charge in [0.2, 0.25) is 17.8 Å². The molecule has 1 aromatic heterocycles. The van der Waals surface area contributed by atoms with Crippen LogP contribution in [-0.4, -0.2) is 45.4 Å². The molecule has 166 valence electrons. The number of amides is 3. The third-order valence-electron chi connectivity index (χ3n) is 5.47. The number of anilines is 1. The highest BCUT2D eigenvalue weighted by Crippen LogP contribution is 2.21. The summed E-state index contributed by atoms with van der Waals surface area (Å²) < 4.78 is 7.43. The van der Waals surface area contributed by atoms with Gasteiger partial charge in [0.15, 0.2) is 0 Å². The molecule has 1 fully saturated rings. The van der Waals surface area contributed by atoms with Gasteiger partial charge in [0.05, 0.1) is 17.6 Å². The first kappa shape index (κ1) is 21.7. The van der Waals surface area contributed by atoms with Crippen molar-refractivity contribution in [3.8, 4) is 0 Å². The Hall–Kier alpha value is -3.52. The number of nitrogens with one attached hydrogen (secondary N) is 1. The van der Waals surface area contributed by atoms with Crippen LogP contribution in [0.5, 0.6) is 0 Å². The number of likely N-dealkylation sites (tertiary alicyclic amines) is 1. The summed E-state index contributed by atoms with van der Waals surface area (Å²) in [5.74, 6) is -0.0867. The highest BCUT2D eigenvalue weighted by atomic mass is 16.5. The topological polar surface area (TPSA) is 93.5 Å². The van der Waals surface area contributed by atoms with Gasteiger partial charge in [-0.2, -0.15) is 0 Å². The molecule has 2 aromatic carbocycles. The number of rotatable bonds is 9. The fraction of sp³-hybridized carbons (Fsp3) is 0.333. The van der Waals surface area contributed by atoms with Gasteiger partial charge >= 0.3 is 0 Å². The van der Waals surface area contributed by atoms with Crippen molar-refractivity contribution in [2.45, 2.75) is 39.3 Å². The molecule has 3 aromatic rings. The summed E-state index contributed by atoms with van der Waals surface area (Å²) in [6.07, 6.45) is 1.34. The molecule has 1 saturated heterocycles. The van der Waals surface area contributed by atoms with Gasteiger partial charge in [0, 0.05) is 38.2 Å². The van der Waals surface area contributed by atoms with E-state index in [2.05, 4.69) is 10.3 Å². The van der Waals surface area contributed by atoms with Gasteiger partial charge in [0.25, 0.3) is 5.91 Å². The summed E-state index contributed by atoms with van der Waals surface area (Å²) in [6.45, 7) is 4.18. The smallest absolute Gasteiger partial charge is 0.257 e. The Kier molecular flexibility index (Phi) is 6.61. The minimum Gasteiger partial charge on any atom is -0.382 e. The van der Waals surface area contributed by atoms with Gasteiger partial charge in [-0.15, -0.1) is 0 Å². The van der Waals surface area contributed by atoms with Crippen molar-refractivity contribution in [1.82, 2.24) is 14.5 Å². The number of para-hydroxylation sites is 2. The molecule has 0 saturated carbocycles. The summed E-state index contributed by atoms with van der Waals surface area (Å²) in [6, 6.07) is 14.7. The van der Waals surface area contributed by atoms with Crippen LogP contribution >= 0.6 is 0 Å². The molecule has 8 nitrogen and oxygen atoms in total. The standard InChI is InChI=1S/C24H26N4O4/c1-2-32-15-5-14-27-20-7-4-3-6-19(20)25-24(27)26-23(31)18-10-8-17(9-11-18)16-28-21(29)12-13-22(28)30/h3-4,6-11H,2,5,12-16H2,1H3,(H,25,26,31). The second kappa shape index (κ2) is 9.74. The number of carbonyl (C=O) groups is 3. The van der Waals surface area contributed by atoms with Crippen molar-refractivity contribution in [3.05, 3.63) is 59.7 Å². The van der Waals surface area contributed by atoms with E-state index in [9.17, 15) is 14.4 Å². The molecule has 32 heavy (non-hydrogen) atoms. The Morgan fingerprint density at radius 2 is 1.78 bits per heavy atom. The number of aryl methyl sites for hydroxylation is 1. The van der Waals surface area contributed by atoms with E-state index < -0.39 is 0 Å². The molecule has 1 aliphatic rings. The summed E-state index contributed by atoms with van der Waals surface area (Å²) in [5.41, 5.74) is 3.04. The molecule has 1 aliphatic heterocycles. The highest BCUT2D eigenvalue weighted by Gasteiger charge is 2.28. The van der Waals surface area contributed by atoms with Crippen LogP contribution in [0.3, 0.4) is 0 Å². The van der Waals surface area contributed by atoms with Crippen LogP contribution in [0.1, 0.15) is 42.1 Å². The van der Waals surface area contributed by atoms with Crippen LogP contribution in [0, 0.1) is 0 Å². The van der Waals surface area contributed by atoms with Gasteiger partial charge in [-0.3, -0.25) is 24.6 Å². The molecule has 0 spiro atoms. The lowest BCUT2D eigenvalue weighted by Gasteiger charge is -2.14. The normalized spacial score (nSPS) is 13.8. The number of aromatic nitrogens is 2. The summed E-state index contributed by atoms with van der Waals surface area (Å²) >= 11 is 0. The van der Waals surface area contributed by atoms with Crippen molar-refractivity contribution in [2.24, 2.45) is 0 Å². The largest absolute Gasteiger partial charge is 0.382 e. The Morgan fingerprint density at radius 3 is 2.50 bits per heavy atom. The molecular weight excluding hydrogens is 408 g/mol. The second-order valence-electron chi connectivity index (χ2n) is 7.65. The Balaban J connectivity index is 1.47. The molecule has 0 radical (unpaired) electrons. The monoisotopic (exact) mass is 434 g/mol. The van der Waals surface area contributed by atoms with Crippen molar-refractivity contribution < 1.29 is 19.1 Å². The molecule has 8 heteroatoms. The maximum absolute atomic E-state index is 12.9. The summed E-state index contributed by atoms with van der Waals surface area (Å²) in [4.78, 5) is 42.3. The maximum atomic E-state index is 12.9. The highest BCUT2D eigenvalue weighted by molar-refractivity contribution is 6.04. The summed E-state index contributed by atoms with van der Waals surface area (Å²) in [5, 5.41) is 2.92. The van der Waals surface area contributed by atoms with E-state index in [-0.39, 0.29) is 37.1 Å². The van der Waals surface area contributed by atoms with E-state index in [1.165, 1.54) is 4.90 Å². The fourth-order valence-electron chi connectivity index (χ4n) is 3.78. The van der Waals surface area contributed by atoms with Crippen LogP contribution in [0.4, 0.5) is 5.95 Å². The number of benzene rings is 2. The predicted molar refractivity (Wildman–Crippen MR) is 120 cm³/mol. The zero-order valence-electron chi connectivity index (χ0n) is 18.0. The zero-order chi connectivity index (χ0) is 22.5. The average molecular weight is 434 g/mol. The van der Waals surface area contributed by atoms with Crippen LogP contribution in [0.25, 0.3) is 11.0 Å². The molecule has 1 N–H and O–H groups in total. The molecule has 0 atom stereocenters. The fourth-order valence-corrected chi connectivity index (χ4v) is 3.78. The Morgan fingerprint density at radius 1 is 1.06 bits per heavy atom. The SMILES string of the molecule is CCOCCCn1c(NC(=O)c2ccc(CN3C(=O)CCC3=O)cc2)nc2ccccc21. The summed E-state index contributed by atoms with van der Waals surface area (Å²) in [7, 11) is 0. The number of carbonyl (C=O) groups excluding carboxylic acids is 3. The number of imide groups is 1. The van der Waals surface area contributed by atoms with Crippen molar-refractivity contribution >= 4 is 34.7 Å². The number of nitrogens with zero attached hydrogens (tertiary/aromatic N) is 3. The number of hydrogen-bond acceptors (Lipinski definition) is 5. The van der Waals surface area contributed by atoms with Crippen molar-refractivity contribution in [1.29, 1.82) is 0 Å². The Bertz CT molecular complexity index is 1120. The predicted octanol–water partition coefficient (Wildman–Crippen LogP) is 3.36. The van der Waals surface area contributed by atoms with Crippen LogP contribution < -0.4 is 5.32 Å². The van der Waals surface area contributed by atoms with E-state index >= 15 is 0 Å². The first-order valence-corrected chi connectivity index (χ1v) is 10.8. The average Bonchev–Trinajstić information content (AvgIpc) is 3.31. The van der Waals surface area contributed by atoms with E-state index in [1.54, 1.807) is 24.3 Å². The Labute approximate surface area is 186 Å². The van der Waals surface area contributed by atoms with E-state index in [4.69, 9.17) is 4.74 Å². The van der Waals surface area contributed by atoms with E-state index in [0.29, 0.717) is 31.3 Å². The number of imidazole rings is 1. The van der Waals surface area contributed by atoms with Crippen molar-refractivity contribution in [3.63, 3.8) is 0 Å². The zero-order valence-corrected chi connectivity index (χ0v) is 18.0. The van der Waals surface area contributed by atoms with Gasteiger partial charge < -0.3 is 9.30 Å². The van der Waals surface area contributed by atoms with Gasteiger partial charge in [0.1, 0.15) is 0 Å². The van der Waals surface area contributed by atoms with Crippen LogP contribution in [0.15, 0.2) is 48.5 Å². The first-order valence-electron chi connectivity index (χ1n) is 10.8. The lowest BCUT2D eigenvalue weighted by atomic mass is 10.1.